The van der Waals surface area contributed by atoms with E-state index in [1.165, 1.54) is 0 Å². The second-order valence-electron chi connectivity index (χ2n) is 15.3. The number of rotatable bonds is 12. The molecule has 0 radical (unpaired) electrons. The summed E-state index contributed by atoms with van der Waals surface area (Å²) in [5.41, 5.74) is 13.1. The third-order valence-electron chi connectivity index (χ3n) is 11.4. The van der Waals surface area contributed by atoms with Gasteiger partial charge in [0.15, 0.2) is 0 Å². The number of fused-ring (bicyclic) bond motifs is 2. The minimum absolute atomic E-state index is 0.0725. The molecular weight excluding hydrogens is 713 g/mol. The van der Waals surface area contributed by atoms with Crippen LogP contribution in [0.25, 0.3) is 16.6 Å². The first-order valence-corrected chi connectivity index (χ1v) is 19.9. The number of unbranched alkanes of at least 4 members (excludes halogenated alkanes) is 1. The molecule has 3 aromatic rings. The highest BCUT2D eigenvalue weighted by Gasteiger charge is 2.44. The number of benzene rings is 2. The maximum Gasteiger partial charge on any atom is 0.262 e. The van der Waals surface area contributed by atoms with Crippen molar-refractivity contribution in [3.05, 3.63) is 65.1 Å². The first-order valence-electron chi connectivity index (χ1n) is 19.9. The molecule has 4 aliphatic heterocycles. The van der Waals surface area contributed by atoms with E-state index in [0.717, 1.165) is 96.9 Å². The van der Waals surface area contributed by atoms with Gasteiger partial charge < -0.3 is 26.2 Å². The van der Waals surface area contributed by atoms with Gasteiger partial charge in [-0.15, -0.1) is 0 Å². The zero-order valence-corrected chi connectivity index (χ0v) is 31.5. The molecule has 56 heavy (non-hydrogen) atoms. The van der Waals surface area contributed by atoms with Crippen molar-refractivity contribution in [1.29, 1.82) is 0 Å². The minimum Gasteiger partial charge on any atom is -0.401 e. The van der Waals surface area contributed by atoms with Gasteiger partial charge in [-0.3, -0.25) is 44.2 Å². The number of piperazine rings is 1. The molecule has 5 aliphatic rings. The van der Waals surface area contributed by atoms with E-state index in [1.807, 2.05) is 17.2 Å². The van der Waals surface area contributed by atoms with Crippen LogP contribution in [0.1, 0.15) is 84.2 Å². The smallest absolute Gasteiger partial charge is 0.262 e. The summed E-state index contributed by atoms with van der Waals surface area (Å²) < 4.78 is 0. The van der Waals surface area contributed by atoms with Crippen molar-refractivity contribution in [3.63, 3.8) is 0 Å². The number of nitrogens with zero attached hydrogens (tertiary/aromatic N) is 6. The van der Waals surface area contributed by atoms with E-state index in [4.69, 9.17) is 20.7 Å². The Morgan fingerprint density at radius 3 is 2.46 bits per heavy atom. The van der Waals surface area contributed by atoms with Gasteiger partial charge >= 0.3 is 0 Å². The minimum atomic E-state index is -0.998. The first-order chi connectivity index (χ1) is 27.2. The van der Waals surface area contributed by atoms with E-state index in [9.17, 15) is 24.0 Å². The standard InChI is InChI=1S/C41H48N10O5/c42-38(25-4-5-25)31(34-24-46-32-9-7-28(22-33(32)47-34)49-19-15-43-16-20-49)23-45-26-12-17-50(18-13-26)37(53)3-1-2-14-44-27-6-8-29-30(21-27)41(56)51(40(29)55)35-10-11-36(52)48-39(35)54/h6-9,21-26,35,43-44H,1-5,10-20,42H2,(H,48,52,54). The van der Waals surface area contributed by atoms with Crippen molar-refractivity contribution in [2.45, 2.75) is 69.9 Å². The number of aliphatic imine (C=N–C) groups is 1. The number of piperidine rings is 2. The highest BCUT2D eigenvalue weighted by Crippen LogP contribution is 2.37. The topological polar surface area (TPSA) is 195 Å². The van der Waals surface area contributed by atoms with Crippen LogP contribution in [0, 0.1) is 5.92 Å². The molecule has 5 heterocycles. The van der Waals surface area contributed by atoms with Crippen LogP contribution in [0.4, 0.5) is 11.4 Å². The normalized spacial score (nSPS) is 21.1. The van der Waals surface area contributed by atoms with Gasteiger partial charge in [0.2, 0.25) is 17.7 Å². The van der Waals surface area contributed by atoms with Crippen LogP contribution in [-0.4, -0.2) is 113 Å². The molecule has 1 atom stereocenters. The van der Waals surface area contributed by atoms with Gasteiger partial charge in [0.25, 0.3) is 11.8 Å². The molecule has 2 aromatic carbocycles. The number of imide groups is 2. The Kier molecular flexibility index (Phi) is 10.8. The number of anilines is 2. The predicted molar refractivity (Wildman–Crippen MR) is 212 cm³/mol. The maximum atomic E-state index is 13.1. The number of aromatic nitrogens is 2. The fraction of sp³-hybridized carbons (Fsp3) is 0.463. The van der Waals surface area contributed by atoms with Gasteiger partial charge in [-0.2, -0.15) is 0 Å². The average molecular weight is 761 g/mol. The number of carbonyl (C=O) groups excluding carboxylic acids is 5. The lowest BCUT2D eigenvalue weighted by Gasteiger charge is -2.30. The third kappa shape index (κ3) is 7.99. The summed E-state index contributed by atoms with van der Waals surface area (Å²) in [7, 11) is 0. The average Bonchev–Trinajstić information content (AvgIpc) is 4.04. The number of amides is 5. The molecule has 292 valence electrons. The van der Waals surface area contributed by atoms with Gasteiger partial charge in [-0.05, 0) is 87.3 Å². The van der Waals surface area contributed by atoms with Gasteiger partial charge in [0, 0.05) is 87.5 Å². The summed E-state index contributed by atoms with van der Waals surface area (Å²) in [5, 5.41) is 8.90. The van der Waals surface area contributed by atoms with Gasteiger partial charge in [-0.1, -0.05) is 0 Å². The van der Waals surface area contributed by atoms with E-state index in [2.05, 4.69) is 33.0 Å². The molecule has 15 heteroatoms. The molecule has 3 saturated heterocycles. The number of hydrogen-bond donors (Lipinski definition) is 4. The van der Waals surface area contributed by atoms with Crippen LogP contribution in [0.3, 0.4) is 0 Å². The number of likely N-dealkylation sites (tertiary alicyclic amines) is 1. The van der Waals surface area contributed by atoms with Gasteiger partial charge in [0.05, 0.1) is 40.1 Å². The van der Waals surface area contributed by atoms with E-state index < -0.39 is 29.7 Å². The molecule has 1 saturated carbocycles. The second kappa shape index (κ2) is 16.2. The van der Waals surface area contributed by atoms with E-state index in [-0.39, 0.29) is 35.9 Å². The van der Waals surface area contributed by atoms with Crippen molar-refractivity contribution in [2.75, 3.05) is 56.0 Å². The number of carbonyl (C=O) groups is 5. The van der Waals surface area contributed by atoms with Crippen molar-refractivity contribution in [1.82, 2.24) is 30.4 Å². The van der Waals surface area contributed by atoms with Crippen LogP contribution in [0.5, 0.6) is 0 Å². The zero-order chi connectivity index (χ0) is 38.8. The van der Waals surface area contributed by atoms with E-state index in [0.29, 0.717) is 44.1 Å². The SMILES string of the molecule is NC(=C(C=NC1CCN(C(=O)CCCCNc2ccc3c(c2)C(=O)N(C2CCC(=O)NC2=O)C3=O)CC1)c1cnc2ccc(N3CCNCC3)cc2n1)C1CC1. The molecule has 8 rings (SSSR count). The Balaban J connectivity index is 0.803. The number of nitrogens with one attached hydrogen (secondary N) is 3. The summed E-state index contributed by atoms with van der Waals surface area (Å²) >= 11 is 0. The maximum absolute atomic E-state index is 13.1. The number of nitrogens with two attached hydrogens (primary N) is 1. The molecular formula is C41H48N10O5. The lowest BCUT2D eigenvalue weighted by atomic mass is 10.0. The third-order valence-corrected chi connectivity index (χ3v) is 11.4. The van der Waals surface area contributed by atoms with Crippen molar-refractivity contribution < 1.29 is 24.0 Å². The highest BCUT2D eigenvalue weighted by molar-refractivity contribution is 6.23. The van der Waals surface area contributed by atoms with E-state index in [1.54, 1.807) is 24.4 Å². The summed E-state index contributed by atoms with van der Waals surface area (Å²) in [6, 6.07) is 10.3. The number of allylic oxidation sites excluding steroid dienone is 2. The molecule has 4 fully saturated rings. The Hall–Kier alpha value is -5.70. The molecule has 1 unspecified atom stereocenters. The highest BCUT2D eigenvalue weighted by atomic mass is 16.2. The lowest BCUT2D eigenvalue weighted by Crippen LogP contribution is -2.54. The largest absolute Gasteiger partial charge is 0.401 e. The second-order valence-corrected chi connectivity index (χ2v) is 15.3. The zero-order valence-electron chi connectivity index (χ0n) is 31.5. The summed E-state index contributed by atoms with van der Waals surface area (Å²) in [5.74, 6) is -1.64. The van der Waals surface area contributed by atoms with Crippen molar-refractivity contribution in [3.8, 4) is 0 Å². The Labute approximate surface area is 325 Å². The molecule has 5 N–H and O–H groups in total. The predicted octanol–water partition coefficient (Wildman–Crippen LogP) is 2.86. The molecule has 0 bridgehead atoms. The lowest BCUT2D eigenvalue weighted by molar-refractivity contribution is -0.136. The fourth-order valence-corrected chi connectivity index (χ4v) is 7.97. The van der Waals surface area contributed by atoms with Gasteiger partial charge in [0.1, 0.15) is 6.04 Å². The summed E-state index contributed by atoms with van der Waals surface area (Å²) in [4.78, 5) is 83.0. The van der Waals surface area contributed by atoms with Crippen LogP contribution in [0.2, 0.25) is 0 Å². The molecule has 15 nitrogen and oxygen atoms in total. The van der Waals surface area contributed by atoms with Crippen LogP contribution >= 0.6 is 0 Å². The Morgan fingerprint density at radius 1 is 0.911 bits per heavy atom. The Bertz CT molecular complexity index is 2120. The first kappa shape index (κ1) is 37.2. The van der Waals surface area contributed by atoms with Crippen molar-refractivity contribution >= 4 is 63.7 Å². The summed E-state index contributed by atoms with van der Waals surface area (Å²) in [6.07, 6.45) is 9.45. The monoisotopic (exact) mass is 760 g/mol. The summed E-state index contributed by atoms with van der Waals surface area (Å²) in [6.45, 7) is 5.72. The molecule has 5 amide bonds. The Morgan fingerprint density at radius 2 is 1.70 bits per heavy atom. The number of hydrogen-bond acceptors (Lipinski definition) is 12. The molecule has 1 aliphatic carbocycles. The molecule has 1 aromatic heterocycles. The fourth-order valence-electron chi connectivity index (χ4n) is 7.97. The van der Waals surface area contributed by atoms with E-state index >= 15 is 0 Å². The van der Waals surface area contributed by atoms with Crippen molar-refractivity contribution in [2.24, 2.45) is 16.6 Å². The van der Waals surface area contributed by atoms with Gasteiger partial charge in [-0.25, -0.2) is 4.98 Å². The molecule has 0 spiro atoms. The quantitative estimate of drug-likeness (QED) is 0.120. The van der Waals surface area contributed by atoms with Crippen LogP contribution in [0.15, 0.2) is 53.3 Å². The van der Waals surface area contributed by atoms with Crippen LogP contribution in [-0.2, 0) is 14.4 Å². The van der Waals surface area contributed by atoms with Crippen LogP contribution < -0.4 is 26.6 Å².